The number of amides is 1. The van der Waals surface area contributed by atoms with Crippen LogP contribution in [0.2, 0.25) is 0 Å². The minimum Gasteiger partial charge on any atom is -0.390 e. The lowest BCUT2D eigenvalue weighted by Crippen LogP contribution is -2.36. The summed E-state index contributed by atoms with van der Waals surface area (Å²) in [5.74, 6) is -2.38. The normalized spacial score (nSPS) is 22.6. The molecule has 6 atom stereocenters. The number of phosphoric acid groups is 3. The van der Waals surface area contributed by atoms with Crippen LogP contribution in [0.5, 0.6) is 0 Å². The Hall–Kier alpha value is -3.04. The Kier molecular flexibility index (Phi) is 10.6. The summed E-state index contributed by atoms with van der Waals surface area (Å²) >= 11 is 0. The third kappa shape index (κ3) is 9.50. The third-order valence-corrected chi connectivity index (χ3v) is 10.1. The first-order valence-electron chi connectivity index (χ1n) is 12.4. The number of hydrogen-bond donors (Lipinski definition) is 7. The van der Waals surface area contributed by atoms with Crippen molar-refractivity contribution in [3.05, 3.63) is 52.1 Å². The van der Waals surface area contributed by atoms with E-state index in [-0.39, 0.29) is 34.7 Å². The fourth-order valence-electron chi connectivity index (χ4n) is 3.87. The summed E-state index contributed by atoms with van der Waals surface area (Å²) in [5.41, 5.74) is 5.17. The molecule has 8 N–H and O–H groups in total. The minimum absolute atomic E-state index is 0.0112. The standard InChI is InChI=1S/C20H24F3N6O14P3/c21-20(22,23)18(32)25-6-10-1-3-11(4-2-10)7-39-44(33,34)42-46(37,38)43-45(35,36)40-8-13-12(30)5-14(41-13)29-9-26-15-16(29)27-19(24)28-17(15)31/h1-4,9,12-14,30H,5-8H2,(H,25,32)(H,33,34)(H,35,36)(H,37,38)(H3,24,27,28,31)/t12-,13-,14-/m1/s1. The van der Waals surface area contributed by atoms with Gasteiger partial charge in [0.15, 0.2) is 11.2 Å². The number of ether oxygens (including phenoxy) is 1. The van der Waals surface area contributed by atoms with E-state index in [0.29, 0.717) is 0 Å². The number of aliphatic hydroxyl groups excluding tert-OH is 1. The van der Waals surface area contributed by atoms with Crippen LogP contribution in [-0.4, -0.2) is 70.2 Å². The van der Waals surface area contributed by atoms with Crippen LogP contribution < -0.4 is 16.6 Å². The Labute approximate surface area is 254 Å². The molecule has 1 saturated heterocycles. The van der Waals surface area contributed by atoms with Gasteiger partial charge >= 0.3 is 35.6 Å². The second kappa shape index (κ2) is 13.6. The predicted molar refractivity (Wildman–Crippen MR) is 144 cm³/mol. The molecule has 1 amide bonds. The average Bonchev–Trinajstić information content (AvgIpc) is 3.51. The highest BCUT2D eigenvalue weighted by Gasteiger charge is 2.44. The molecule has 1 aromatic carbocycles. The zero-order chi connectivity index (χ0) is 34.1. The number of anilines is 1. The predicted octanol–water partition coefficient (Wildman–Crippen LogP) is 1.10. The summed E-state index contributed by atoms with van der Waals surface area (Å²) in [5, 5.41) is 12.0. The molecule has 1 aliphatic heterocycles. The molecule has 3 unspecified atom stereocenters. The zero-order valence-electron chi connectivity index (χ0n) is 22.7. The molecule has 46 heavy (non-hydrogen) atoms. The van der Waals surface area contributed by atoms with E-state index in [2.05, 4.69) is 32.6 Å². The van der Waals surface area contributed by atoms with Crippen molar-refractivity contribution in [3.63, 3.8) is 0 Å². The lowest BCUT2D eigenvalue weighted by atomic mass is 10.1. The monoisotopic (exact) mass is 722 g/mol. The van der Waals surface area contributed by atoms with E-state index in [1.165, 1.54) is 35.2 Å². The maximum atomic E-state index is 12.3. The van der Waals surface area contributed by atoms with Crippen molar-refractivity contribution >= 4 is 46.5 Å². The van der Waals surface area contributed by atoms with E-state index in [0.717, 1.165) is 0 Å². The third-order valence-electron chi connectivity index (χ3n) is 5.91. The van der Waals surface area contributed by atoms with Crippen LogP contribution in [0.4, 0.5) is 19.1 Å². The summed E-state index contributed by atoms with van der Waals surface area (Å²) in [6.07, 6.45) is -7.71. The van der Waals surface area contributed by atoms with Gasteiger partial charge in [-0.2, -0.15) is 26.8 Å². The number of halogens is 3. The number of carbonyl (C=O) groups is 1. The molecular weight excluding hydrogens is 698 g/mol. The Morgan fingerprint density at radius 2 is 1.70 bits per heavy atom. The summed E-state index contributed by atoms with van der Waals surface area (Å²) in [6, 6.07) is 4.95. The summed E-state index contributed by atoms with van der Waals surface area (Å²) in [7, 11) is -16.8. The van der Waals surface area contributed by atoms with Crippen molar-refractivity contribution < 1.29 is 73.9 Å². The number of phosphoric ester groups is 2. The summed E-state index contributed by atoms with van der Waals surface area (Å²) in [6.45, 7) is -2.15. The number of alkyl halides is 3. The number of H-pyrrole nitrogens is 1. The first-order valence-corrected chi connectivity index (χ1v) is 16.9. The number of hydrogen-bond acceptors (Lipinski definition) is 14. The van der Waals surface area contributed by atoms with Gasteiger partial charge in [-0.15, -0.1) is 0 Å². The van der Waals surface area contributed by atoms with Crippen molar-refractivity contribution in [1.29, 1.82) is 0 Å². The lowest BCUT2D eigenvalue weighted by Gasteiger charge is -2.20. The lowest BCUT2D eigenvalue weighted by molar-refractivity contribution is -0.173. The maximum absolute atomic E-state index is 12.3. The number of nitrogens with one attached hydrogen (secondary N) is 2. The molecule has 254 valence electrons. The van der Waals surface area contributed by atoms with Gasteiger partial charge in [-0.05, 0) is 11.1 Å². The van der Waals surface area contributed by atoms with Gasteiger partial charge in [0.1, 0.15) is 12.3 Å². The first-order chi connectivity index (χ1) is 21.2. The molecule has 0 radical (unpaired) electrons. The van der Waals surface area contributed by atoms with Crippen LogP contribution in [-0.2, 0) is 54.0 Å². The van der Waals surface area contributed by atoms with Gasteiger partial charge in [0.25, 0.3) is 5.56 Å². The van der Waals surface area contributed by atoms with E-state index < -0.39 is 79.3 Å². The molecule has 0 spiro atoms. The molecule has 3 heterocycles. The smallest absolute Gasteiger partial charge is 0.390 e. The van der Waals surface area contributed by atoms with Gasteiger partial charge in [0, 0.05) is 13.0 Å². The van der Waals surface area contributed by atoms with Gasteiger partial charge in [0.05, 0.1) is 25.6 Å². The number of aromatic amines is 1. The van der Waals surface area contributed by atoms with E-state index in [1.54, 1.807) is 5.32 Å². The zero-order valence-corrected chi connectivity index (χ0v) is 25.4. The summed E-state index contributed by atoms with van der Waals surface area (Å²) < 4.78 is 97.4. The van der Waals surface area contributed by atoms with Crippen molar-refractivity contribution in [2.24, 2.45) is 0 Å². The molecule has 0 aliphatic carbocycles. The number of nitrogens with zero attached hydrogens (tertiary/aromatic N) is 3. The molecule has 2 aromatic heterocycles. The number of rotatable bonds is 13. The SMILES string of the molecule is Nc1nc2c(ncn2[C@H]2C[C@@H](O)[C@@H](COP(=O)(O)OP(=O)(O)OP(=O)(O)OCc3ccc(CNC(=O)C(F)(F)F)cc3)O2)c(=O)[nH]1. The van der Waals surface area contributed by atoms with Gasteiger partial charge in [-0.25, -0.2) is 18.7 Å². The number of benzene rings is 1. The second-order valence-corrected chi connectivity index (χ2v) is 14.0. The molecule has 3 aromatic rings. The van der Waals surface area contributed by atoms with Gasteiger partial charge < -0.3 is 35.6 Å². The topological polar surface area (TPSA) is 297 Å². The van der Waals surface area contributed by atoms with Crippen molar-refractivity contribution in [3.8, 4) is 0 Å². The minimum atomic E-state index is -5.84. The number of nitrogens with two attached hydrogens (primary N) is 1. The van der Waals surface area contributed by atoms with E-state index in [1.807, 2.05) is 0 Å². The van der Waals surface area contributed by atoms with Crippen LogP contribution >= 0.6 is 23.5 Å². The fraction of sp³-hybridized carbons (Fsp3) is 0.400. The molecule has 0 bridgehead atoms. The quantitative estimate of drug-likeness (QED) is 0.122. The summed E-state index contributed by atoms with van der Waals surface area (Å²) in [4.78, 5) is 62.4. The molecular formula is C20H24F3N6O14P3. The highest BCUT2D eigenvalue weighted by molar-refractivity contribution is 7.66. The Morgan fingerprint density at radius 3 is 2.33 bits per heavy atom. The highest BCUT2D eigenvalue weighted by Crippen LogP contribution is 2.67. The Morgan fingerprint density at radius 1 is 1.09 bits per heavy atom. The van der Waals surface area contributed by atoms with Crippen LogP contribution in [0.15, 0.2) is 35.4 Å². The van der Waals surface area contributed by atoms with Crippen LogP contribution in [0.3, 0.4) is 0 Å². The van der Waals surface area contributed by atoms with Crippen molar-refractivity contribution in [2.75, 3.05) is 12.3 Å². The van der Waals surface area contributed by atoms with Gasteiger partial charge in [-0.3, -0.25) is 28.2 Å². The van der Waals surface area contributed by atoms with Crippen molar-refractivity contribution in [1.82, 2.24) is 24.8 Å². The molecule has 4 rings (SSSR count). The van der Waals surface area contributed by atoms with E-state index in [4.69, 9.17) is 10.5 Å². The van der Waals surface area contributed by atoms with Crippen LogP contribution in [0, 0.1) is 0 Å². The number of carbonyl (C=O) groups excluding carboxylic acids is 1. The average molecular weight is 722 g/mol. The highest BCUT2D eigenvalue weighted by atomic mass is 31.3. The second-order valence-electron chi connectivity index (χ2n) is 9.34. The molecule has 1 aliphatic rings. The van der Waals surface area contributed by atoms with E-state index in [9.17, 15) is 56.2 Å². The van der Waals surface area contributed by atoms with Gasteiger partial charge in [-0.1, -0.05) is 24.3 Å². The molecule has 26 heteroatoms. The molecule has 1 fully saturated rings. The van der Waals surface area contributed by atoms with Crippen LogP contribution in [0.1, 0.15) is 23.8 Å². The number of aliphatic hydroxyl groups is 1. The van der Waals surface area contributed by atoms with Crippen LogP contribution in [0.25, 0.3) is 11.2 Å². The number of imidazole rings is 1. The maximum Gasteiger partial charge on any atom is 0.490 e. The van der Waals surface area contributed by atoms with E-state index >= 15 is 0 Å². The Bertz CT molecular complexity index is 1790. The number of nitrogen functional groups attached to an aromatic ring is 1. The van der Waals surface area contributed by atoms with Gasteiger partial charge in [0.2, 0.25) is 5.95 Å². The first kappa shape index (κ1) is 35.8. The van der Waals surface area contributed by atoms with Crippen molar-refractivity contribution in [2.45, 2.75) is 44.2 Å². The fourth-order valence-corrected chi connectivity index (χ4v) is 7.37. The molecule has 0 saturated carbocycles. The largest absolute Gasteiger partial charge is 0.490 e. The number of aromatic nitrogens is 4. The number of fused-ring (bicyclic) bond motifs is 1. The Balaban J connectivity index is 1.27. The molecule has 20 nitrogen and oxygen atoms in total.